The van der Waals surface area contributed by atoms with Gasteiger partial charge in [0.05, 0.1) is 25.5 Å². The fourth-order valence-electron chi connectivity index (χ4n) is 3.79. The molecule has 4 rings (SSSR count). The molecule has 3 aromatic rings. The minimum Gasteiger partial charge on any atom is -0.493 e. The minimum atomic E-state index is -0.829. The summed E-state index contributed by atoms with van der Waals surface area (Å²) in [6, 6.07) is 18.3. The molecule has 0 aromatic heterocycles. The van der Waals surface area contributed by atoms with Gasteiger partial charge in [0.1, 0.15) is 11.3 Å². The van der Waals surface area contributed by atoms with Crippen LogP contribution in [0.25, 0.3) is 6.08 Å². The summed E-state index contributed by atoms with van der Waals surface area (Å²) in [5, 5.41) is 2.66. The number of nitrogens with one attached hydrogen (secondary N) is 1. The second-order valence-electron chi connectivity index (χ2n) is 8.44. The topological polar surface area (TPSA) is 94.2 Å². The lowest BCUT2D eigenvalue weighted by Crippen LogP contribution is -2.54. The average Bonchev–Trinajstić information content (AvgIpc) is 2.88. The molecule has 4 amide bonds. The first kappa shape index (κ1) is 26.8. The number of barbiturate groups is 1. The third-order valence-corrected chi connectivity index (χ3v) is 5.82. The number of urea groups is 1. The van der Waals surface area contributed by atoms with E-state index in [0.717, 1.165) is 16.2 Å². The van der Waals surface area contributed by atoms with Crippen molar-refractivity contribution in [3.05, 3.63) is 88.5 Å². The zero-order chi connectivity index (χ0) is 27.1. The van der Waals surface area contributed by atoms with E-state index in [4.69, 9.17) is 25.8 Å². The van der Waals surface area contributed by atoms with E-state index in [1.807, 2.05) is 38.1 Å². The van der Waals surface area contributed by atoms with Crippen molar-refractivity contribution in [2.75, 3.05) is 24.7 Å². The van der Waals surface area contributed by atoms with E-state index in [9.17, 15) is 14.4 Å². The Balaban J connectivity index is 1.45. The molecule has 196 valence electrons. The SMILES string of the molecule is CCOc1cc(C=C2C(=O)NC(=O)N(c3ccc(Cl)cc3)C2=O)ccc1OCCCOc1cccc(C)c1. The first-order valence-electron chi connectivity index (χ1n) is 12.1. The van der Waals surface area contributed by atoms with Gasteiger partial charge in [0, 0.05) is 11.4 Å². The Morgan fingerprint density at radius 1 is 0.895 bits per heavy atom. The summed E-state index contributed by atoms with van der Waals surface area (Å²) in [5.41, 5.74) is 1.77. The number of aryl methyl sites for hydroxylation is 1. The van der Waals surface area contributed by atoms with Gasteiger partial charge in [-0.15, -0.1) is 0 Å². The highest BCUT2D eigenvalue weighted by molar-refractivity contribution is 6.39. The van der Waals surface area contributed by atoms with Crippen LogP contribution in [0.15, 0.2) is 72.3 Å². The fourth-order valence-corrected chi connectivity index (χ4v) is 3.91. The Morgan fingerprint density at radius 3 is 2.39 bits per heavy atom. The summed E-state index contributed by atoms with van der Waals surface area (Å²) in [4.78, 5) is 38.9. The van der Waals surface area contributed by atoms with Gasteiger partial charge in [-0.1, -0.05) is 29.8 Å². The van der Waals surface area contributed by atoms with Gasteiger partial charge in [0.15, 0.2) is 11.5 Å². The molecule has 3 aromatic carbocycles. The Hall–Kier alpha value is -4.30. The monoisotopic (exact) mass is 534 g/mol. The predicted molar refractivity (Wildman–Crippen MR) is 145 cm³/mol. The fraction of sp³-hybridized carbons (Fsp3) is 0.207. The van der Waals surface area contributed by atoms with Gasteiger partial charge in [-0.25, -0.2) is 9.69 Å². The van der Waals surface area contributed by atoms with Crippen LogP contribution in [-0.4, -0.2) is 37.7 Å². The molecule has 0 unspecified atom stereocenters. The number of halogens is 1. The van der Waals surface area contributed by atoms with Crippen molar-refractivity contribution in [3.63, 3.8) is 0 Å². The molecule has 1 saturated heterocycles. The van der Waals surface area contributed by atoms with Gasteiger partial charge in [-0.05, 0) is 79.6 Å². The van der Waals surface area contributed by atoms with Crippen LogP contribution >= 0.6 is 11.6 Å². The summed E-state index contributed by atoms with van der Waals surface area (Å²) in [6.45, 7) is 5.16. The van der Waals surface area contributed by atoms with Gasteiger partial charge in [0.25, 0.3) is 11.8 Å². The highest BCUT2D eigenvalue weighted by Crippen LogP contribution is 2.30. The number of anilines is 1. The molecular formula is C29H27ClN2O6. The number of nitrogens with zero attached hydrogens (tertiary/aromatic N) is 1. The number of carbonyl (C=O) groups excluding carboxylic acids is 3. The van der Waals surface area contributed by atoms with Gasteiger partial charge >= 0.3 is 6.03 Å². The maximum Gasteiger partial charge on any atom is 0.335 e. The molecule has 0 saturated carbocycles. The molecule has 8 nitrogen and oxygen atoms in total. The van der Waals surface area contributed by atoms with Crippen LogP contribution in [0.5, 0.6) is 17.2 Å². The van der Waals surface area contributed by atoms with Crippen LogP contribution in [0.1, 0.15) is 24.5 Å². The first-order valence-corrected chi connectivity index (χ1v) is 12.5. The van der Waals surface area contributed by atoms with Crippen LogP contribution in [0, 0.1) is 6.92 Å². The maximum atomic E-state index is 13.1. The van der Waals surface area contributed by atoms with Crippen LogP contribution in [0.2, 0.25) is 5.02 Å². The van der Waals surface area contributed by atoms with Gasteiger partial charge in [0.2, 0.25) is 0 Å². The van der Waals surface area contributed by atoms with Crippen molar-refractivity contribution >= 4 is 41.2 Å². The molecule has 9 heteroatoms. The largest absolute Gasteiger partial charge is 0.493 e. The van der Waals surface area contributed by atoms with Crippen LogP contribution < -0.4 is 24.4 Å². The summed E-state index contributed by atoms with van der Waals surface area (Å²) in [5.74, 6) is 0.290. The zero-order valence-corrected chi connectivity index (χ0v) is 21.8. The smallest absolute Gasteiger partial charge is 0.335 e. The van der Waals surface area contributed by atoms with Crippen LogP contribution in [0.4, 0.5) is 10.5 Å². The van der Waals surface area contributed by atoms with Gasteiger partial charge < -0.3 is 14.2 Å². The Bertz CT molecular complexity index is 1370. The van der Waals surface area contributed by atoms with Gasteiger partial charge in [-0.2, -0.15) is 0 Å². The number of benzene rings is 3. The number of carbonyl (C=O) groups is 3. The molecule has 0 aliphatic carbocycles. The van der Waals surface area contributed by atoms with Crippen molar-refractivity contribution in [1.29, 1.82) is 0 Å². The van der Waals surface area contributed by atoms with E-state index in [-0.39, 0.29) is 5.57 Å². The lowest BCUT2D eigenvalue weighted by Gasteiger charge is -2.26. The van der Waals surface area contributed by atoms with Crippen molar-refractivity contribution in [2.24, 2.45) is 0 Å². The van der Waals surface area contributed by atoms with Gasteiger partial charge in [-0.3, -0.25) is 14.9 Å². The highest BCUT2D eigenvalue weighted by atomic mass is 35.5. The Kier molecular flexibility index (Phi) is 8.66. The zero-order valence-electron chi connectivity index (χ0n) is 21.0. The molecule has 1 aliphatic heterocycles. The van der Waals surface area contributed by atoms with Crippen molar-refractivity contribution in [1.82, 2.24) is 5.32 Å². The third-order valence-electron chi connectivity index (χ3n) is 5.57. The molecule has 1 N–H and O–H groups in total. The van der Waals surface area contributed by atoms with Crippen molar-refractivity contribution in [3.8, 4) is 17.2 Å². The summed E-state index contributed by atoms with van der Waals surface area (Å²) in [6.07, 6.45) is 2.07. The number of hydrogen-bond acceptors (Lipinski definition) is 6. The van der Waals surface area contributed by atoms with Crippen LogP contribution in [-0.2, 0) is 9.59 Å². The van der Waals surface area contributed by atoms with E-state index in [0.29, 0.717) is 54.0 Å². The van der Waals surface area contributed by atoms with Crippen molar-refractivity contribution < 1.29 is 28.6 Å². The molecule has 0 bridgehead atoms. The maximum absolute atomic E-state index is 13.1. The second kappa shape index (κ2) is 12.3. The molecule has 38 heavy (non-hydrogen) atoms. The van der Waals surface area contributed by atoms with E-state index in [2.05, 4.69) is 5.32 Å². The molecule has 1 aliphatic rings. The number of amides is 4. The molecule has 0 spiro atoms. The molecule has 0 atom stereocenters. The molecule has 0 radical (unpaired) electrons. The highest BCUT2D eigenvalue weighted by Gasteiger charge is 2.36. The van der Waals surface area contributed by atoms with E-state index in [1.54, 1.807) is 30.3 Å². The lowest BCUT2D eigenvalue weighted by atomic mass is 10.1. The van der Waals surface area contributed by atoms with Crippen molar-refractivity contribution in [2.45, 2.75) is 20.3 Å². The number of imide groups is 2. The first-order chi connectivity index (χ1) is 18.4. The molecule has 1 fully saturated rings. The molecular weight excluding hydrogens is 508 g/mol. The Morgan fingerprint density at radius 2 is 1.66 bits per heavy atom. The second-order valence-corrected chi connectivity index (χ2v) is 8.88. The summed E-state index contributed by atoms with van der Waals surface area (Å²) < 4.78 is 17.4. The minimum absolute atomic E-state index is 0.191. The summed E-state index contributed by atoms with van der Waals surface area (Å²) >= 11 is 5.92. The lowest BCUT2D eigenvalue weighted by molar-refractivity contribution is -0.122. The Labute approximate surface area is 225 Å². The quantitative estimate of drug-likeness (QED) is 0.208. The third kappa shape index (κ3) is 6.52. The number of rotatable bonds is 10. The number of ether oxygens (including phenoxy) is 3. The predicted octanol–water partition coefficient (Wildman–Crippen LogP) is 5.56. The normalized spacial score (nSPS) is 14.4. The average molecular weight is 535 g/mol. The van der Waals surface area contributed by atoms with E-state index < -0.39 is 17.8 Å². The standard InChI is InChI=1S/C29H27ClN2O6/c1-3-36-26-18-20(8-13-25(26)38-15-5-14-37-23-7-4-6-19(2)16-23)17-24-27(33)31-29(35)32(28(24)34)22-11-9-21(30)10-12-22/h4,6-13,16-18H,3,5,14-15H2,1-2H3,(H,31,33,35). The number of hydrogen-bond donors (Lipinski definition) is 1. The van der Waals surface area contributed by atoms with E-state index in [1.165, 1.54) is 18.2 Å². The molecule has 1 heterocycles. The summed E-state index contributed by atoms with van der Waals surface area (Å²) in [7, 11) is 0. The van der Waals surface area contributed by atoms with Crippen LogP contribution in [0.3, 0.4) is 0 Å². The van der Waals surface area contributed by atoms with E-state index >= 15 is 0 Å².